The maximum absolute atomic E-state index is 5.87. The molecular weight excluding hydrogens is 368 g/mol. The van der Waals surface area contributed by atoms with Crippen molar-refractivity contribution < 1.29 is 4.74 Å². The lowest BCUT2D eigenvalue weighted by atomic mass is 9.80. The molecule has 0 bridgehead atoms. The standard InChI is InChI=1S/C22H38N4OS/c1-21(2)14-18(15-22(3,4)24-21)23-20(28)26(13-12-25(5)6)16-17-10-8-9-11-19(17)27-7/h8-11,18,24H,12-16H2,1-7H3,(H,23,28). The number of methoxy groups -OCH3 is 1. The Morgan fingerprint density at radius 3 is 2.32 bits per heavy atom. The lowest BCUT2D eigenvalue weighted by Crippen LogP contribution is -2.63. The quantitative estimate of drug-likeness (QED) is 0.678. The van der Waals surface area contributed by atoms with E-state index in [0.717, 1.165) is 48.9 Å². The summed E-state index contributed by atoms with van der Waals surface area (Å²) < 4.78 is 5.55. The van der Waals surface area contributed by atoms with Gasteiger partial charge in [0.25, 0.3) is 0 Å². The summed E-state index contributed by atoms with van der Waals surface area (Å²) in [6.07, 6.45) is 2.10. The number of likely N-dealkylation sites (N-methyl/N-ethyl adjacent to an activating group) is 1. The Balaban J connectivity index is 2.12. The Morgan fingerprint density at radius 2 is 1.75 bits per heavy atom. The van der Waals surface area contributed by atoms with Crippen LogP contribution >= 0.6 is 12.2 Å². The van der Waals surface area contributed by atoms with Crippen LogP contribution in [0.25, 0.3) is 0 Å². The van der Waals surface area contributed by atoms with Crippen LogP contribution in [0.3, 0.4) is 0 Å². The van der Waals surface area contributed by atoms with Crippen molar-refractivity contribution in [1.82, 2.24) is 20.4 Å². The molecule has 1 aliphatic heterocycles. The average molecular weight is 407 g/mol. The zero-order valence-electron chi connectivity index (χ0n) is 18.6. The predicted octanol–water partition coefficient (Wildman–Crippen LogP) is 3.24. The van der Waals surface area contributed by atoms with Crippen LogP contribution in [-0.2, 0) is 6.54 Å². The summed E-state index contributed by atoms with van der Waals surface area (Å²) in [5.74, 6) is 0.907. The maximum Gasteiger partial charge on any atom is 0.169 e. The second kappa shape index (κ2) is 9.42. The van der Waals surface area contributed by atoms with Gasteiger partial charge in [0.2, 0.25) is 0 Å². The molecule has 0 unspecified atom stereocenters. The molecule has 0 aromatic heterocycles. The highest BCUT2D eigenvalue weighted by Gasteiger charge is 2.38. The van der Waals surface area contributed by atoms with Gasteiger partial charge in [-0.15, -0.1) is 0 Å². The van der Waals surface area contributed by atoms with Crippen molar-refractivity contribution in [2.75, 3.05) is 34.3 Å². The molecule has 1 saturated heterocycles. The molecule has 2 N–H and O–H groups in total. The maximum atomic E-state index is 5.87. The van der Waals surface area contributed by atoms with Gasteiger partial charge in [-0.05, 0) is 72.9 Å². The van der Waals surface area contributed by atoms with Gasteiger partial charge in [-0.3, -0.25) is 0 Å². The van der Waals surface area contributed by atoms with Gasteiger partial charge in [0, 0.05) is 42.3 Å². The third-order valence-corrected chi connectivity index (χ3v) is 5.55. The zero-order chi connectivity index (χ0) is 20.9. The number of hydrogen-bond donors (Lipinski definition) is 2. The van der Waals surface area contributed by atoms with Crippen LogP contribution in [0.15, 0.2) is 24.3 Å². The van der Waals surface area contributed by atoms with Crippen molar-refractivity contribution in [2.45, 2.75) is 64.2 Å². The second-order valence-electron chi connectivity index (χ2n) is 9.48. The Kier molecular flexibility index (Phi) is 7.71. The van der Waals surface area contributed by atoms with E-state index in [0.29, 0.717) is 6.04 Å². The molecule has 0 spiro atoms. The molecule has 28 heavy (non-hydrogen) atoms. The number of nitrogens with zero attached hydrogens (tertiary/aromatic N) is 2. The fourth-order valence-corrected chi connectivity index (χ4v) is 4.63. The first-order valence-electron chi connectivity index (χ1n) is 10.1. The third-order valence-electron chi connectivity index (χ3n) is 5.18. The molecule has 1 aliphatic rings. The molecule has 0 amide bonds. The molecule has 0 saturated carbocycles. The minimum Gasteiger partial charge on any atom is -0.496 e. The van der Waals surface area contributed by atoms with Crippen LogP contribution in [0, 0.1) is 0 Å². The van der Waals surface area contributed by atoms with Crippen LogP contribution in [0.4, 0.5) is 0 Å². The largest absolute Gasteiger partial charge is 0.496 e. The number of para-hydroxylation sites is 1. The summed E-state index contributed by atoms with van der Waals surface area (Å²) in [6, 6.07) is 8.53. The number of ether oxygens (including phenoxy) is 1. The number of thiocarbonyl (C=S) groups is 1. The van der Waals surface area contributed by atoms with Crippen LogP contribution in [0.2, 0.25) is 0 Å². The van der Waals surface area contributed by atoms with E-state index in [4.69, 9.17) is 17.0 Å². The van der Waals surface area contributed by atoms with Crippen molar-refractivity contribution in [2.24, 2.45) is 0 Å². The van der Waals surface area contributed by atoms with Gasteiger partial charge in [-0.1, -0.05) is 18.2 Å². The van der Waals surface area contributed by atoms with Crippen molar-refractivity contribution in [1.29, 1.82) is 0 Å². The average Bonchev–Trinajstić information content (AvgIpc) is 2.55. The fourth-order valence-electron chi connectivity index (χ4n) is 4.30. The van der Waals surface area contributed by atoms with E-state index < -0.39 is 0 Å². The number of piperidine rings is 1. The Hall–Kier alpha value is -1.37. The molecule has 1 aromatic carbocycles. The van der Waals surface area contributed by atoms with E-state index in [1.54, 1.807) is 7.11 Å². The smallest absolute Gasteiger partial charge is 0.169 e. The molecule has 0 radical (unpaired) electrons. The fraction of sp³-hybridized carbons (Fsp3) is 0.682. The molecule has 0 aliphatic carbocycles. The van der Waals surface area contributed by atoms with Gasteiger partial charge < -0.3 is 25.2 Å². The summed E-state index contributed by atoms with van der Waals surface area (Å²) in [4.78, 5) is 4.45. The van der Waals surface area contributed by atoms with Crippen LogP contribution in [0.5, 0.6) is 5.75 Å². The monoisotopic (exact) mass is 406 g/mol. The number of rotatable bonds is 7. The molecule has 0 atom stereocenters. The van der Waals surface area contributed by atoms with E-state index in [2.05, 4.69) is 74.4 Å². The number of hydrogen-bond acceptors (Lipinski definition) is 4. The lowest BCUT2D eigenvalue weighted by Gasteiger charge is -2.47. The highest BCUT2D eigenvalue weighted by atomic mass is 32.1. The first kappa shape index (κ1) is 22.9. The van der Waals surface area contributed by atoms with Gasteiger partial charge in [0.05, 0.1) is 7.11 Å². The summed E-state index contributed by atoms with van der Waals surface area (Å²) in [5.41, 5.74) is 1.33. The third kappa shape index (κ3) is 6.90. The topological polar surface area (TPSA) is 39.8 Å². The van der Waals surface area contributed by atoms with Crippen LogP contribution in [0.1, 0.15) is 46.1 Å². The van der Waals surface area contributed by atoms with E-state index >= 15 is 0 Å². The molecule has 1 heterocycles. The van der Waals surface area contributed by atoms with Gasteiger partial charge in [-0.2, -0.15) is 0 Å². The van der Waals surface area contributed by atoms with E-state index in [1.807, 2.05) is 12.1 Å². The minimum atomic E-state index is 0.0894. The van der Waals surface area contributed by atoms with Gasteiger partial charge in [-0.25, -0.2) is 0 Å². The van der Waals surface area contributed by atoms with Crippen LogP contribution in [-0.4, -0.2) is 66.3 Å². The Bertz CT molecular complexity index is 644. The second-order valence-corrected chi connectivity index (χ2v) is 9.87. The van der Waals surface area contributed by atoms with E-state index in [-0.39, 0.29) is 11.1 Å². The Labute approximate surface area is 176 Å². The highest BCUT2D eigenvalue weighted by molar-refractivity contribution is 7.80. The SMILES string of the molecule is COc1ccccc1CN(CCN(C)C)C(=S)NC1CC(C)(C)NC(C)(C)C1. The normalized spacial score (nSPS) is 18.7. The molecule has 5 nitrogen and oxygen atoms in total. The zero-order valence-corrected chi connectivity index (χ0v) is 19.4. The first-order valence-corrected chi connectivity index (χ1v) is 10.5. The van der Waals surface area contributed by atoms with Crippen molar-refractivity contribution in [3.05, 3.63) is 29.8 Å². The number of nitrogens with one attached hydrogen (secondary N) is 2. The van der Waals surface area contributed by atoms with Crippen LogP contribution < -0.4 is 15.4 Å². The molecular formula is C22H38N4OS. The first-order chi connectivity index (χ1) is 13.0. The van der Waals surface area contributed by atoms with Crippen molar-refractivity contribution in [3.8, 4) is 5.75 Å². The van der Waals surface area contributed by atoms with Gasteiger partial charge >= 0.3 is 0 Å². The van der Waals surface area contributed by atoms with E-state index in [9.17, 15) is 0 Å². The summed E-state index contributed by atoms with van der Waals surface area (Å²) >= 11 is 5.87. The number of benzene rings is 1. The molecule has 1 fully saturated rings. The van der Waals surface area contributed by atoms with Gasteiger partial charge in [0.1, 0.15) is 5.75 Å². The highest BCUT2D eigenvalue weighted by Crippen LogP contribution is 2.28. The Morgan fingerprint density at radius 1 is 1.14 bits per heavy atom. The molecule has 1 aromatic rings. The van der Waals surface area contributed by atoms with E-state index in [1.165, 1.54) is 0 Å². The summed E-state index contributed by atoms with van der Waals surface area (Å²) in [5, 5.41) is 8.23. The molecule has 6 heteroatoms. The lowest BCUT2D eigenvalue weighted by molar-refractivity contribution is 0.153. The predicted molar refractivity (Wildman–Crippen MR) is 122 cm³/mol. The van der Waals surface area contributed by atoms with Gasteiger partial charge in [0.15, 0.2) is 5.11 Å². The molecule has 158 valence electrons. The summed E-state index contributed by atoms with van der Waals surface area (Å²) in [7, 11) is 5.91. The minimum absolute atomic E-state index is 0.0894. The van der Waals surface area contributed by atoms with Crippen molar-refractivity contribution >= 4 is 17.3 Å². The summed E-state index contributed by atoms with van der Waals surface area (Å²) in [6.45, 7) is 11.6. The van der Waals surface area contributed by atoms with Crippen molar-refractivity contribution in [3.63, 3.8) is 0 Å². The molecule has 2 rings (SSSR count).